The number of nitrogens with zero attached hydrogens (tertiary/aromatic N) is 2. The maximum atomic E-state index is 11.7. The van der Waals surface area contributed by atoms with Gasteiger partial charge in [-0.2, -0.15) is 5.10 Å². The molecular weight excluding hydrogens is 322 g/mol. The Hall–Kier alpha value is -2.21. The quantitative estimate of drug-likeness (QED) is 0.691. The van der Waals surface area contributed by atoms with Crippen LogP contribution in [0, 0.1) is 0 Å². The lowest BCUT2D eigenvalue weighted by Gasteiger charge is -2.03. The number of aromatic nitrogens is 1. The van der Waals surface area contributed by atoms with E-state index in [1.807, 2.05) is 18.2 Å². The monoisotopic (exact) mass is 333 g/mol. The summed E-state index contributed by atoms with van der Waals surface area (Å²) in [5, 5.41) is 3.91. The number of rotatable bonds is 4. The Morgan fingerprint density at radius 1 is 1.35 bits per heavy atom. The fourth-order valence-corrected chi connectivity index (χ4v) is 2.05. The summed E-state index contributed by atoms with van der Waals surface area (Å²) in [4.78, 5) is 15.6. The molecule has 1 aromatic heterocycles. The Bertz CT molecular complexity index is 630. The fraction of sp³-hybridized carbons (Fsp3) is 0.0714. The summed E-state index contributed by atoms with van der Waals surface area (Å²) < 4.78 is 5.96. The highest BCUT2D eigenvalue weighted by atomic mass is 79.9. The van der Waals surface area contributed by atoms with Crippen molar-refractivity contribution in [1.82, 2.24) is 10.4 Å². The standard InChI is InChI=1S/C14H12BrN3O2/c1-20-13-3-2-10(8-12(13)15)9-17-18-14(19)11-4-6-16-7-5-11/h2-9H,1H3,(H,18,19)/b17-9+. The van der Waals surface area contributed by atoms with Gasteiger partial charge in [0.15, 0.2) is 0 Å². The summed E-state index contributed by atoms with van der Waals surface area (Å²) in [6.07, 6.45) is 4.67. The van der Waals surface area contributed by atoms with Crippen LogP contribution in [0.15, 0.2) is 52.3 Å². The number of ether oxygens (including phenoxy) is 1. The molecule has 1 heterocycles. The minimum atomic E-state index is -0.281. The van der Waals surface area contributed by atoms with E-state index in [1.54, 1.807) is 37.9 Å². The second kappa shape index (κ2) is 6.81. The lowest BCUT2D eigenvalue weighted by Crippen LogP contribution is -2.17. The van der Waals surface area contributed by atoms with Crippen molar-refractivity contribution in [3.05, 3.63) is 58.3 Å². The Morgan fingerprint density at radius 2 is 2.10 bits per heavy atom. The number of methoxy groups -OCH3 is 1. The van der Waals surface area contributed by atoms with Crippen molar-refractivity contribution in [3.8, 4) is 5.75 Å². The highest BCUT2D eigenvalue weighted by molar-refractivity contribution is 9.10. The van der Waals surface area contributed by atoms with Crippen LogP contribution in [0.25, 0.3) is 0 Å². The zero-order chi connectivity index (χ0) is 14.4. The summed E-state index contributed by atoms with van der Waals surface area (Å²) in [5.74, 6) is 0.458. The van der Waals surface area contributed by atoms with Crippen molar-refractivity contribution in [1.29, 1.82) is 0 Å². The van der Waals surface area contributed by atoms with Crippen molar-refractivity contribution in [2.24, 2.45) is 5.10 Å². The maximum Gasteiger partial charge on any atom is 0.271 e. The predicted octanol–water partition coefficient (Wildman–Crippen LogP) is 2.62. The molecule has 1 amide bonds. The largest absolute Gasteiger partial charge is 0.496 e. The molecule has 1 aromatic carbocycles. The Labute approximate surface area is 124 Å². The molecule has 0 saturated carbocycles. The number of benzene rings is 1. The molecule has 102 valence electrons. The van der Waals surface area contributed by atoms with E-state index in [9.17, 15) is 4.79 Å². The first-order valence-corrected chi connectivity index (χ1v) is 6.57. The molecule has 2 aromatic rings. The van der Waals surface area contributed by atoms with Crippen molar-refractivity contribution in [2.45, 2.75) is 0 Å². The molecule has 6 heteroatoms. The van der Waals surface area contributed by atoms with E-state index in [2.05, 4.69) is 31.4 Å². The molecule has 0 radical (unpaired) electrons. The van der Waals surface area contributed by atoms with Crippen LogP contribution in [0.5, 0.6) is 5.75 Å². The number of halogens is 1. The van der Waals surface area contributed by atoms with Crippen molar-refractivity contribution in [3.63, 3.8) is 0 Å². The number of amides is 1. The van der Waals surface area contributed by atoms with Gasteiger partial charge in [-0.1, -0.05) is 0 Å². The van der Waals surface area contributed by atoms with Gasteiger partial charge in [0.25, 0.3) is 5.91 Å². The van der Waals surface area contributed by atoms with Crippen LogP contribution in [0.4, 0.5) is 0 Å². The zero-order valence-corrected chi connectivity index (χ0v) is 12.3. The van der Waals surface area contributed by atoms with E-state index in [0.717, 1.165) is 15.8 Å². The number of carbonyl (C=O) groups is 1. The molecule has 0 atom stereocenters. The van der Waals surface area contributed by atoms with Gasteiger partial charge < -0.3 is 4.74 Å². The third kappa shape index (κ3) is 3.64. The third-order valence-electron chi connectivity index (χ3n) is 2.50. The molecule has 0 aliphatic carbocycles. The third-order valence-corrected chi connectivity index (χ3v) is 3.12. The first kappa shape index (κ1) is 14.2. The molecule has 20 heavy (non-hydrogen) atoms. The van der Waals surface area contributed by atoms with Gasteiger partial charge in [-0.25, -0.2) is 5.43 Å². The van der Waals surface area contributed by atoms with Crippen molar-refractivity contribution >= 4 is 28.1 Å². The number of hydrazone groups is 1. The molecule has 0 aliphatic rings. The molecule has 0 fully saturated rings. The number of nitrogens with one attached hydrogen (secondary N) is 1. The number of pyridine rings is 1. The van der Waals surface area contributed by atoms with Crippen LogP contribution in [-0.2, 0) is 0 Å². The minimum Gasteiger partial charge on any atom is -0.496 e. The molecule has 0 aliphatic heterocycles. The topological polar surface area (TPSA) is 63.6 Å². The summed E-state index contributed by atoms with van der Waals surface area (Å²) in [6.45, 7) is 0. The molecular formula is C14H12BrN3O2. The minimum absolute atomic E-state index is 0.281. The van der Waals surface area contributed by atoms with Crippen molar-refractivity contribution < 1.29 is 9.53 Å². The second-order valence-corrected chi connectivity index (χ2v) is 4.68. The second-order valence-electron chi connectivity index (χ2n) is 3.83. The molecule has 0 unspecified atom stereocenters. The molecule has 0 bridgehead atoms. The predicted molar refractivity (Wildman–Crippen MR) is 80.0 cm³/mol. The SMILES string of the molecule is COc1ccc(/C=N/NC(=O)c2ccncc2)cc1Br. The Kier molecular flexibility index (Phi) is 4.84. The Balaban J connectivity index is 2.00. The van der Waals surface area contributed by atoms with E-state index in [0.29, 0.717) is 5.56 Å². The number of hydrogen-bond donors (Lipinski definition) is 1. The summed E-state index contributed by atoms with van der Waals surface area (Å²) >= 11 is 3.38. The van der Waals surface area contributed by atoms with Crippen LogP contribution in [0.1, 0.15) is 15.9 Å². The summed E-state index contributed by atoms with van der Waals surface area (Å²) in [6, 6.07) is 8.74. The van der Waals surface area contributed by atoms with Gasteiger partial charge in [0, 0.05) is 18.0 Å². The normalized spacial score (nSPS) is 10.5. The van der Waals surface area contributed by atoms with Gasteiger partial charge in [-0.05, 0) is 51.8 Å². The van der Waals surface area contributed by atoms with Crippen LogP contribution >= 0.6 is 15.9 Å². The van der Waals surface area contributed by atoms with Crippen LogP contribution in [-0.4, -0.2) is 24.2 Å². The number of hydrogen-bond acceptors (Lipinski definition) is 4. The van der Waals surface area contributed by atoms with Crippen LogP contribution < -0.4 is 10.2 Å². The van der Waals surface area contributed by atoms with Gasteiger partial charge in [0.05, 0.1) is 17.8 Å². The van der Waals surface area contributed by atoms with Crippen LogP contribution in [0.2, 0.25) is 0 Å². The molecule has 1 N–H and O–H groups in total. The smallest absolute Gasteiger partial charge is 0.271 e. The maximum absolute atomic E-state index is 11.7. The summed E-state index contributed by atoms with van der Waals surface area (Å²) in [7, 11) is 1.60. The lowest BCUT2D eigenvalue weighted by molar-refractivity contribution is 0.0955. The van der Waals surface area contributed by atoms with Crippen molar-refractivity contribution in [2.75, 3.05) is 7.11 Å². The van der Waals surface area contributed by atoms with E-state index in [1.165, 1.54) is 0 Å². The van der Waals surface area contributed by atoms with Gasteiger partial charge in [-0.15, -0.1) is 0 Å². The molecule has 0 spiro atoms. The van der Waals surface area contributed by atoms with Gasteiger partial charge in [-0.3, -0.25) is 9.78 Å². The number of carbonyl (C=O) groups excluding carboxylic acids is 1. The lowest BCUT2D eigenvalue weighted by atomic mass is 10.2. The van der Waals surface area contributed by atoms with E-state index < -0.39 is 0 Å². The molecule has 0 saturated heterocycles. The highest BCUT2D eigenvalue weighted by Gasteiger charge is 2.02. The highest BCUT2D eigenvalue weighted by Crippen LogP contribution is 2.24. The van der Waals surface area contributed by atoms with Crippen LogP contribution in [0.3, 0.4) is 0 Å². The summed E-state index contributed by atoms with van der Waals surface area (Å²) in [5.41, 5.74) is 3.80. The molecule has 2 rings (SSSR count). The Morgan fingerprint density at radius 3 is 2.75 bits per heavy atom. The van der Waals surface area contributed by atoms with E-state index in [-0.39, 0.29) is 5.91 Å². The van der Waals surface area contributed by atoms with Gasteiger partial charge >= 0.3 is 0 Å². The first-order valence-electron chi connectivity index (χ1n) is 5.77. The van der Waals surface area contributed by atoms with Gasteiger partial charge in [0.1, 0.15) is 5.75 Å². The first-order chi connectivity index (χ1) is 9.70. The van der Waals surface area contributed by atoms with Gasteiger partial charge in [0.2, 0.25) is 0 Å². The van der Waals surface area contributed by atoms with E-state index >= 15 is 0 Å². The fourth-order valence-electron chi connectivity index (χ4n) is 1.50. The average Bonchev–Trinajstić information content (AvgIpc) is 2.48. The molecule has 5 nitrogen and oxygen atoms in total. The average molecular weight is 334 g/mol. The zero-order valence-electron chi connectivity index (χ0n) is 10.7. The van der Waals surface area contributed by atoms with E-state index in [4.69, 9.17) is 4.74 Å².